The van der Waals surface area contributed by atoms with Gasteiger partial charge in [-0.3, -0.25) is 23.3 Å². The van der Waals surface area contributed by atoms with Crippen LogP contribution in [0.25, 0.3) is 11.2 Å². The molecule has 1 saturated heterocycles. The molecule has 0 radical (unpaired) electrons. The minimum Gasteiger partial charge on any atom is -0.461 e. The standard InChI is InChI=1S/C24H26N6O4/c1-27-20-19(22(32)28(2)24(27)33)30(14-16-5-3-4-15(12-16)13-25)23(26-20)34-18-8-10-29(11-9-18)21(31)17-6-7-17/h3-5,12,17-18H,6-11,14H2,1-2H3. The zero-order valence-corrected chi connectivity index (χ0v) is 19.2. The van der Waals surface area contributed by atoms with Crippen molar-refractivity contribution in [3.05, 3.63) is 56.2 Å². The first-order valence-corrected chi connectivity index (χ1v) is 11.5. The molecule has 10 nitrogen and oxygen atoms in total. The summed E-state index contributed by atoms with van der Waals surface area (Å²) in [5.74, 6) is 0.435. The second-order valence-corrected chi connectivity index (χ2v) is 9.09. The summed E-state index contributed by atoms with van der Waals surface area (Å²) in [6.45, 7) is 1.52. The van der Waals surface area contributed by atoms with Gasteiger partial charge in [0.05, 0.1) is 18.2 Å². The average molecular weight is 463 g/mol. The van der Waals surface area contributed by atoms with E-state index >= 15 is 0 Å². The molecule has 5 rings (SSSR count). The number of aromatic nitrogens is 4. The number of aryl methyl sites for hydroxylation is 1. The van der Waals surface area contributed by atoms with Gasteiger partial charge in [-0.15, -0.1) is 0 Å². The molecule has 1 amide bonds. The third-order valence-corrected chi connectivity index (χ3v) is 6.66. The number of piperidine rings is 1. The largest absolute Gasteiger partial charge is 0.461 e. The van der Waals surface area contributed by atoms with Gasteiger partial charge < -0.3 is 9.64 Å². The summed E-state index contributed by atoms with van der Waals surface area (Å²) in [4.78, 5) is 44.4. The SMILES string of the molecule is Cn1c(=O)c2c(nc(OC3CCN(C(=O)C4CC4)CC3)n2Cc2cccc(C#N)c2)n(C)c1=O. The van der Waals surface area contributed by atoms with Gasteiger partial charge in [-0.1, -0.05) is 12.1 Å². The molecule has 1 aromatic carbocycles. The van der Waals surface area contributed by atoms with Gasteiger partial charge in [-0.05, 0) is 30.5 Å². The first kappa shape index (κ1) is 21.9. The van der Waals surface area contributed by atoms with Crippen LogP contribution in [0.15, 0.2) is 33.9 Å². The molecule has 0 spiro atoms. The van der Waals surface area contributed by atoms with Crippen molar-refractivity contribution in [3.8, 4) is 12.1 Å². The third kappa shape index (κ3) is 3.87. The fourth-order valence-corrected chi connectivity index (χ4v) is 4.52. The fraction of sp³-hybridized carbons (Fsp3) is 0.458. The van der Waals surface area contributed by atoms with Gasteiger partial charge in [0.25, 0.3) is 11.6 Å². The van der Waals surface area contributed by atoms with E-state index in [0.717, 1.165) is 23.0 Å². The van der Waals surface area contributed by atoms with E-state index in [4.69, 9.17) is 4.74 Å². The van der Waals surface area contributed by atoms with Crippen molar-refractivity contribution in [2.24, 2.45) is 20.0 Å². The molecule has 0 unspecified atom stereocenters. The first-order chi connectivity index (χ1) is 16.4. The Bertz CT molecular complexity index is 1430. The van der Waals surface area contributed by atoms with Gasteiger partial charge >= 0.3 is 5.69 Å². The normalized spacial score (nSPS) is 16.6. The number of hydrogen-bond donors (Lipinski definition) is 0. The van der Waals surface area contributed by atoms with E-state index in [9.17, 15) is 19.6 Å². The lowest BCUT2D eigenvalue weighted by Gasteiger charge is -2.32. The molecule has 1 aliphatic carbocycles. The maximum Gasteiger partial charge on any atom is 0.332 e. The molecule has 0 N–H and O–H groups in total. The minimum absolute atomic E-state index is 0.162. The number of amides is 1. The molecule has 1 aliphatic heterocycles. The summed E-state index contributed by atoms with van der Waals surface area (Å²) < 4.78 is 10.3. The topological polar surface area (TPSA) is 115 Å². The predicted octanol–water partition coefficient (Wildman–Crippen LogP) is 1.13. The molecule has 3 aromatic rings. The number of hydrogen-bond acceptors (Lipinski definition) is 6. The molecule has 3 heterocycles. The Morgan fingerprint density at radius 3 is 2.56 bits per heavy atom. The molecular formula is C24H26N6O4. The highest BCUT2D eigenvalue weighted by molar-refractivity contribution is 5.81. The Kier molecular flexibility index (Phi) is 5.48. The molecule has 0 bridgehead atoms. The van der Waals surface area contributed by atoms with Gasteiger partial charge in [0, 0.05) is 45.9 Å². The Morgan fingerprint density at radius 1 is 1.15 bits per heavy atom. The van der Waals surface area contributed by atoms with Crippen LogP contribution in [0.4, 0.5) is 0 Å². The molecule has 2 fully saturated rings. The number of imidazole rings is 1. The van der Waals surface area contributed by atoms with Crippen molar-refractivity contribution in [2.45, 2.75) is 38.3 Å². The van der Waals surface area contributed by atoms with E-state index in [1.165, 1.54) is 11.6 Å². The fourth-order valence-electron chi connectivity index (χ4n) is 4.52. The molecule has 2 aromatic heterocycles. The van der Waals surface area contributed by atoms with Crippen LogP contribution in [0.2, 0.25) is 0 Å². The Balaban J connectivity index is 1.50. The highest BCUT2D eigenvalue weighted by Gasteiger charge is 2.35. The van der Waals surface area contributed by atoms with E-state index in [2.05, 4.69) is 11.1 Å². The quantitative estimate of drug-likeness (QED) is 0.562. The number of nitrogens with zero attached hydrogens (tertiary/aromatic N) is 6. The van der Waals surface area contributed by atoms with Crippen molar-refractivity contribution in [2.75, 3.05) is 13.1 Å². The van der Waals surface area contributed by atoms with Crippen LogP contribution in [0, 0.1) is 17.2 Å². The smallest absolute Gasteiger partial charge is 0.332 e. The van der Waals surface area contributed by atoms with E-state index in [1.807, 2.05) is 11.0 Å². The van der Waals surface area contributed by atoms with Crippen LogP contribution in [0.3, 0.4) is 0 Å². The van der Waals surface area contributed by atoms with E-state index in [-0.39, 0.29) is 41.6 Å². The van der Waals surface area contributed by atoms with Crippen molar-refractivity contribution < 1.29 is 9.53 Å². The van der Waals surface area contributed by atoms with Crippen molar-refractivity contribution in [1.29, 1.82) is 5.26 Å². The second-order valence-electron chi connectivity index (χ2n) is 9.09. The van der Waals surface area contributed by atoms with E-state index in [1.54, 1.807) is 29.8 Å². The second kappa shape index (κ2) is 8.48. The summed E-state index contributed by atoms with van der Waals surface area (Å²) in [5.41, 5.74) is 0.916. The van der Waals surface area contributed by atoms with E-state index < -0.39 is 11.2 Å². The number of benzene rings is 1. The summed E-state index contributed by atoms with van der Waals surface area (Å²) in [5, 5.41) is 9.26. The van der Waals surface area contributed by atoms with Gasteiger partial charge in [0.1, 0.15) is 6.10 Å². The number of carbonyl (C=O) groups excluding carboxylic acids is 1. The molecule has 2 aliphatic rings. The average Bonchev–Trinajstić information content (AvgIpc) is 3.65. The molecule has 10 heteroatoms. The lowest BCUT2D eigenvalue weighted by Crippen LogP contribution is -2.42. The van der Waals surface area contributed by atoms with Crippen LogP contribution in [0.5, 0.6) is 6.01 Å². The highest BCUT2D eigenvalue weighted by atomic mass is 16.5. The molecule has 0 atom stereocenters. The van der Waals surface area contributed by atoms with Crippen LogP contribution < -0.4 is 16.0 Å². The summed E-state index contributed by atoms with van der Waals surface area (Å²) in [7, 11) is 3.01. The number of carbonyl (C=O) groups is 1. The zero-order chi connectivity index (χ0) is 24.0. The lowest BCUT2D eigenvalue weighted by molar-refractivity contribution is -0.134. The predicted molar refractivity (Wildman–Crippen MR) is 123 cm³/mol. The number of fused-ring (bicyclic) bond motifs is 1. The molecule has 1 saturated carbocycles. The van der Waals surface area contributed by atoms with Gasteiger partial charge in [0.15, 0.2) is 11.2 Å². The Hall–Kier alpha value is -3.87. The van der Waals surface area contributed by atoms with Crippen LogP contribution in [-0.2, 0) is 25.4 Å². The Morgan fingerprint density at radius 2 is 1.88 bits per heavy atom. The lowest BCUT2D eigenvalue weighted by atomic mass is 10.1. The highest BCUT2D eigenvalue weighted by Crippen LogP contribution is 2.32. The van der Waals surface area contributed by atoms with Gasteiger partial charge in [-0.25, -0.2) is 4.79 Å². The van der Waals surface area contributed by atoms with Crippen molar-refractivity contribution in [3.63, 3.8) is 0 Å². The Labute approximate surface area is 195 Å². The number of likely N-dealkylation sites (tertiary alicyclic amines) is 1. The van der Waals surface area contributed by atoms with Crippen molar-refractivity contribution >= 4 is 17.1 Å². The van der Waals surface area contributed by atoms with Crippen LogP contribution in [-0.4, -0.2) is 48.7 Å². The van der Waals surface area contributed by atoms with E-state index in [0.29, 0.717) is 31.5 Å². The number of nitriles is 1. The number of rotatable bonds is 5. The van der Waals surface area contributed by atoms with Crippen LogP contribution >= 0.6 is 0 Å². The van der Waals surface area contributed by atoms with Gasteiger partial charge in [0.2, 0.25) is 5.91 Å². The molecule has 176 valence electrons. The zero-order valence-electron chi connectivity index (χ0n) is 19.2. The first-order valence-electron chi connectivity index (χ1n) is 11.5. The number of ether oxygens (including phenoxy) is 1. The van der Waals surface area contributed by atoms with Gasteiger partial charge in [-0.2, -0.15) is 10.2 Å². The minimum atomic E-state index is -0.466. The summed E-state index contributed by atoms with van der Waals surface area (Å²) in [6, 6.07) is 9.50. The maximum absolute atomic E-state index is 13.1. The summed E-state index contributed by atoms with van der Waals surface area (Å²) in [6.07, 6.45) is 3.15. The monoisotopic (exact) mass is 462 g/mol. The molecular weight excluding hydrogens is 436 g/mol. The summed E-state index contributed by atoms with van der Waals surface area (Å²) >= 11 is 0. The van der Waals surface area contributed by atoms with Crippen LogP contribution in [0.1, 0.15) is 36.8 Å². The maximum atomic E-state index is 13.1. The third-order valence-electron chi connectivity index (χ3n) is 6.66. The molecule has 34 heavy (non-hydrogen) atoms. The van der Waals surface area contributed by atoms with Crippen molar-refractivity contribution in [1.82, 2.24) is 23.6 Å².